The lowest BCUT2D eigenvalue weighted by molar-refractivity contribution is -0.148. The first-order valence-corrected chi connectivity index (χ1v) is 9.85. The van der Waals surface area contributed by atoms with E-state index < -0.39 is 12.1 Å². The van der Waals surface area contributed by atoms with Gasteiger partial charge in [0.1, 0.15) is 5.75 Å². The van der Waals surface area contributed by atoms with Gasteiger partial charge in [-0.2, -0.15) is 0 Å². The van der Waals surface area contributed by atoms with Crippen LogP contribution < -0.4 is 10.1 Å². The monoisotopic (exact) mass is 453 g/mol. The average molecular weight is 454 g/mol. The number of ketones is 1. The molecule has 3 aromatic carbocycles. The van der Waals surface area contributed by atoms with Crippen LogP contribution in [0.25, 0.3) is 0 Å². The van der Waals surface area contributed by atoms with Gasteiger partial charge < -0.3 is 14.8 Å². The van der Waals surface area contributed by atoms with Crippen molar-refractivity contribution in [2.75, 3.05) is 11.9 Å². The maximum absolute atomic E-state index is 12.3. The zero-order valence-corrected chi connectivity index (χ0v) is 17.4. The van der Waals surface area contributed by atoms with Crippen LogP contribution in [0.15, 0.2) is 83.3 Å². The molecule has 0 saturated heterocycles. The van der Waals surface area contributed by atoms with Gasteiger partial charge in [-0.05, 0) is 55.5 Å². The van der Waals surface area contributed by atoms with E-state index in [4.69, 9.17) is 9.47 Å². The Morgan fingerprint density at radius 1 is 0.897 bits per heavy atom. The van der Waals surface area contributed by atoms with Gasteiger partial charge in [-0.1, -0.05) is 46.3 Å². The summed E-state index contributed by atoms with van der Waals surface area (Å²) in [6, 6.07) is 23.9. The smallest absolute Gasteiger partial charge is 0.344 e. The molecule has 0 amide bonds. The van der Waals surface area contributed by atoms with Crippen LogP contribution in [0.5, 0.6) is 5.75 Å². The van der Waals surface area contributed by atoms with Crippen molar-refractivity contribution in [3.63, 3.8) is 0 Å². The standard InChI is InChI=1S/C23H20BrNO4/c1-16(23(27)17-7-9-18(24)10-8-17)29-22(26)15-28-21-13-11-20(12-14-21)25-19-5-3-2-4-6-19/h2-14,16,25H,15H2,1H3/t16-/m1/s1. The van der Waals surface area contributed by atoms with Crippen LogP contribution in [0, 0.1) is 0 Å². The van der Waals surface area contributed by atoms with Crippen molar-refractivity contribution in [1.29, 1.82) is 0 Å². The lowest BCUT2D eigenvalue weighted by Gasteiger charge is -2.13. The van der Waals surface area contributed by atoms with E-state index in [1.54, 1.807) is 43.3 Å². The van der Waals surface area contributed by atoms with Gasteiger partial charge in [-0.25, -0.2) is 4.79 Å². The zero-order valence-electron chi connectivity index (χ0n) is 15.8. The Labute approximate surface area is 177 Å². The summed E-state index contributed by atoms with van der Waals surface area (Å²) in [5.74, 6) is -0.330. The molecule has 6 heteroatoms. The number of carbonyl (C=O) groups is 2. The topological polar surface area (TPSA) is 64.6 Å². The molecule has 3 rings (SSSR count). The van der Waals surface area contributed by atoms with Crippen molar-refractivity contribution in [2.24, 2.45) is 0 Å². The highest BCUT2D eigenvalue weighted by Crippen LogP contribution is 2.20. The second-order valence-electron chi connectivity index (χ2n) is 6.31. The molecular formula is C23H20BrNO4. The molecule has 0 radical (unpaired) electrons. The van der Waals surface area contributed by atoms with Crippen LogP contribution in [0.4, 0.5) is 11.4 Å². The third-order valence-corrected chi connectivity index (χ3v) is 4.61. The minimum atomic E-state index is -0.885. The second-order valence-corrected chi connectivity index (χ2v) is 7.22. The van der Waals surface area contributed by atoms with E-state index in [1.807, 2.05) is 42.5 Å². The van der Waals surface area contributed by atoms with Crippen molar-refractivity contribution < 1.29 is 19.1 Å². The Hall–Kier alpha value is -3.12. The molecule has 3 aromatic rings. The molecule has 0 aliphatic heterocycles. The molecule has 0 spiro atoms. The number of ether oxygens (including phenoxy) is 2. The lowest BCUT2D eigenvalue weighted by atomic mass is 10.1. The fourth-order valence-corrected chi connectivity index (χ4v) is 2.86. The SMILES string of the molecule is C[C@@H](OC(=O)COc1ccc(Nc2ccccc2)cc1)C(=O)c1ccc(Br)cc1. The van der Waals surface area contributed by atoms with Gasteiger partial charge in [0.15, 0.2) is 12.7 Å². The van der Waals surface area contributed by atoms with Crippen molar-refractivity contribution in [2.45, 2.75) is 13.0 Å². The van der Waals surface area contributed by atoms with Crippen molar-refractivity contribution in [3.05, 3.63) is 88.9 Å². The lowest BCUT2D eigenvalue weighted by Crippen LogP contribution is -2.27. The van der Waals surface area contributed by atoms with Gasteiger partial charge in [0.2, 0.25) is 5.78 Å². The predicted molar refractivity (Wildman–Crippen MR) is 116 cm³/mol. The molecule has 0 aliphatic carbocycles. The summed E-state index contributed by atoms with van der Waals surface area (Å²) >= 11 is 3.32. The third kappa shape index (κ3) is 6.19. The Bertz CT molecular complexity index is 956. The first-order valence-electron chi connectivity index (χ1n) is 9.05. The number of Topliss-reactive ketones (excluding diaryl/α,β-unsaturated/α-hetero) is 1. The van der Waals surface area contributed by atoms with Gasteiger partial charge in [0, 0.05) is 21.4 Å². The molecule has 0 heterocycles. The number of benzene rings is 3. The zero-order chi connectivity index (χ0) is 20.6. The molecule has 0 aliphatic rings. The van der Waals surface area contributed by atoms with Gasteiger partial charge >= 0.3 is 5.97 Å². The van der Waals surface area contributed by atoms with E-state index in [0.717, 1.165) is 15.8 Å². The maximum Gasteiger partial charge on any atom is 0.344 e. The molecule has 148 valence electrons. The molecule has 1 atom stereocenters. The summed E-state index contributed by atoms with van der Waals surface area (Å²) < 4.78 is 11.5. The van der Waals surface area contributed by atoms with Crippen LogP contribution in [0.3, 0.4) is 0 Å². The first-order chi connectivity index (χ1) is 14.0. The van der Waals surface area contributed by atoms with Crippen LogP contribution in [-0.4, -0.2) is 24.5 Å². The van der Waals surface area contributed by atoms with Gasteiger partial charge in [0.05, 0.1) is 0 Å². The molecule has 0 saturated carbocycles. The van der Waals surface area contributed by atoms with E-state index in [2.05, 4.69) is 21.2 Å². The van der Waals surface area contributed by atoms with Crippen molar-refractivity contribution in [3.8, 4) is 5.75 Å². The van der Waals surface area contributed by atoms with Crippen LogP contribution in [-0.2, 0) is 9.53 Å². The Kier molecular flexibility index (Phi) is 7.03. The molecule has 0 bridgehead atoms. The molecule has 0 aromatic heterocycles. The highest BCUT2D eigenvalue weighted by Gasteiger charge is 2.19. The van der Waals surface area contributed by atoms with E-state index >= 15 is 0 Å². The fraction of sp³-hybridized carbons (Fsp3) is 0.130. The highest BCUT2D eigenvalue weighted by molar-refractivity contribution is 9.10. The van der Waals surface area contributed by atoms with E-state index in [0.29, 0.717) is 11.3 Å². The van der Waals surface area contributed by atoms with E-state index in [1.165, 1.54) is 0 Å². The number of anilines is 2. The largest absolute Gasteiger partial charge is 0.482 e. The minimum Gasteiger partial charge on any atom is -0.482 e. The predicted octanol–water partition coefficient (Wildman–Crippen LogP) is 5.39. The number of carbonyl (C=O) groups excluding carboxylic acids is 2. The summed E-state index contributed by atoms with van der Waals surface area (Å²) in [6.07, 6.45) is -0.885. The van der Waals surface area contributed by atoms with Crippen molar-refractivity contribution >= 4 is 39.1 Å². The van der Waals surface area contributed by atoms with Crippen LogP contribution >= 0.6 is 15.9 Å². The van der Waals surface area contributed by atoms with Gasteiger partial charge in [-0.3, -0.25) is 4.79 Å². The summed E-state index contributed by atoms with van der Waals surface area (Å²) in [4.78, 5) is 24.3. The van der Waals surface area contributed by atoms with E-state index in [-0.39, 0.29) is 12.4 Å². The molecule has 5 nitrogen and oxygen atoms in total. The Morgan fingerprint density at radius 2 is 1.52 bits per heavy atom. The van der Waals surface area contributed by atoms with Crippen molar-refractivity contribution in [1.82, 2.24) is 0 Å². The summed E-state index contributed by atoms with van der Waals surface area (Å²) in [5.41, 5.74) is 2.37. The average Bonchev–Trinajstić information content (AvgIpc) is 2.74. The Balaban J connectivity index is 1.47. The van der Waals surface area contributed by atoms with Crippen LogP contribution in [0.1, 0.15) is 17.3 Å². The summed E-state index contributed by atoms with van der Waals surface area (Å²) in [6.45, 7) is 1.27. The third-order valence-electron chi connectivity index (χ3n) is 4.08. The number of halogens is 1. The molecule has 1 N–H and O–H groups in total. The maximum atomic E-state index is 12.3. The highest BCUT2D eigenvalue weighted by atomic mass is 79.9. The second kappa shape index (κ2) is 9.89. The summed E-state index contributed by atoms with van der Waals surface area (Å²) in [7, 11) is 0. The molecule has 0 unspecified atom stereocenters. The minimum absolute atomic E-state index is 0.262. The number of hydrogen-bond donors (Lipinski definition) is 1. The molecule has 0 fully saturated rings. The summed E-state index contributed by atoms with van der Waals surface area (Å²) in [5, 5.41) is 3.27. The van der Waals surface area contributed by atoms with Crippen LogP contribution in [0.2, 0.25) is 0 Å². The number of nitrogens with one attached hydrogen (secondary N) is 1. The fourth-order valence-electron chi connectivity index (χ4n) is 2.60. The molecule has 29 heavy (non-hydrogen) atoms. The number of para-hydroxylation sites is 1. The first kappa shape index (κ1) is 20.6. The van der Waals surface area contributed by atoms with Gasteiger partial charge in [-0.15, -0.1) is 0 Å². The number of hydrogen-bond acceptors (Lipinski definition) is 5. The molecular weight excluding hydrogens is 434 g/mol. The Morgan fingerprint density at radius 3 is 2.17 bits per heavy atom. The number of rotatable bonds is 8. The quantitative estimate of drug-likeness (QED) is 0.366. The van der Waals surface area contributed by atoms with E-state index in [9.17, 15) is 9.59 Å². The van der Waals surface area contributed by atoms with Gasteiger partial charge in [0.25, 0.3) is 0 Å². The normalized spacial score (nSPS) is 11.4. The number of esters is 1.